The summed E-state index contributed by atoms with van der Waals surface area (Å²) in [7, 11) is -3.77. The molecule has 0 aliphatic rings. The highest BCUT2D eigenvalue weighted by molar-refractivity contribution is 7.91. The summed E-state index contributed by atoms with van der Waals surface area (Å²) in [6, 6.07) is 8.56. The first kappa shape index (κ1) is 13.0. The fourth-order valence-corrected chi connectivity index (χ4v) is 4.01. The number of nitrogens with zero attached hydrogens (tertiary/aromatic N) is 4. The van der Waals surface area contributed by atoms with Crippen LogP contribution in [0.3, 0.4) is 0 Å². The molecule has 0 radical (unpaired) electrons. The first-order chi connectivity index (χ1) is 10.6. The number of hydrogen-bond donors (Lipinski definition) is 1. The minimum Gasteiger partial charge on any atom is -0.345 e. The molecule has 8 heteroatoms. The van der Waals surface area contributed by atoms with E-state index in [9.17, 15) is 8.42 Å². The van der Waals surface area contributed by atoms with Crippen molar-refractivity contribution in [2.45, 2.75) is 17.0 Å². The van der Waals surface area contributed by atoms with E-state index < -0.39 is 9.84 Å². The molecule has 0 aliphatic carbocycles. The van der Waals surface area contributed by atoms with Gasteiger partial charge in [-0.15, -0.1) is 10.2 Å². The number of aromatic nitrogens is 5. The van der Waals surface area contributed by atoms with E-state index in [-0.39, 0.29) is 10.1 Å². The van der Waals surface area contributed by atoms with Crippen LogP contribution in [0.5, 0.6) is 0 Å². The standard InChI is InChI=1S/C14H11N5O2S/c1-9-4-2-3-5-11(9)22(20,21)14-18-17-12-8-16-13-10(19(12)14)6-7-15-13/h2-8,15H,1H3. The van der Waals surface area contributed by atoms with Gasteiger partial charge in [-0.05, 0) is 24.6 Å². The van der Waals surface area contributed by atoms with Crippen LogP contribution >= 0.6 is 0 Å². The van der Waals surface area contributed by atoms with Gasteiger partial charge >= 0.3 is 0 Å². The smallest absolute Gasteiger partial charge is 0.259 e. The SMILES string of the molecule is Cc1ccccc1S(=O)(=O)c1nnc2cnc3[nH]ccc3n12. The number of hydrogen-bond acceptors (Lipinski definition) is 5. The van der Waals surface area contributed by atoms with Gasteiger partial charge in [0.1, 0.15) is 0 Å². The maximum Gasteiger partial charge on any atom is 0.259 e. The van der Waals surface area contributed by atoms with Crippen LogP contribution in [0.15, 0.2) is 52.8 Å². The fourth-order valence-electron chi connectivity index (χ4n) is 2.48. The lowest BCUT2D eigenvalue weighted by atomic mass is 10.2. The van der Waals surface area contributed by atoms with Crippen LogP contribution in [-0.4, -0.2) is 33.0 Å². The lowest BCUT2D eigenvalue weighted by Crippen LogP contribution is -2.09. The Morgan fingerprint density at radius 3 is 2.77 bits per heavy atom. The summed E-state index contributed by atoms with van der Waals surface area (Å²) in [5, 5.41) is 7.70. The molecule has 0 fully saturated rings. The third-order valence-electron chi connectivity index (χ3n) is 3.54. The predicted octanol–water partition coefficient (Wildman–Crippen LogP) is 1.75. The molecule has 3 heterocycles. The Balaban J connectivity index is 2.10. The predicted molar refractivity (Wildman–Crippen MR) is 79.3 cm³/mol. The van der Waals surface area contributed by atoms with Crippen LogP contribution < -0.4 is 0 Å². The molecule has 0 amide bonds. The normalized spacial score (nSPS) is 12.2. The summed E-state index contributed by atoms with van der Waals surface area (Å²) in [6.07, 6.45) is 3.18. The molecule has 0 bridgehead atoms. The third kappa shape index (κ3) is 1.67. The van der Waals surface area contributed by atoms with Gasteiger partial charge in [-0.2, -0.15) is 0 Å². The molecule has 110 valence electrons. The third-order valence-corrected chi connectivity index (χ3v) is 5.32. The second-order valence-electron chi connectivity index (χ2n) is 4.91. The molecule has 22 heavy (non-hydrogen) atoms. The van der Waals surface area contributed by atoms with E-state index in [1.165, 1.54) is 10.6 Å². The molecule has 1 N–H and O–H groups in total. The highest BCUT2D eigenvalue weighted by Crippen LogP contribution is 2.24. The van der Waals surface area contributed by atoms with Crippen LogP contribution in [0.1, 0.15) is 5.56 Å². The van der Waals surface area contributed by atoms with Crippen molar-refractivity contribution in [3.63, 3.8) is 0 Å². The Bertz CT molecular complexity index is 1110. The van der Waals surface area contributed by atoms with E-state index in [4.69, 9.17) is 0 Å². The molecule has 1 aromatic carbocycles. The van der Waals surface area contributed by atoms with Crippen LogP contribution in [0.4, 0.5) is 0 Å². The van der Waals surface area contributed by atoms with Crippen molar-refractivity contribution in [2.24, 2.45) is 0 Å². The van der Waals surface area contributed by atoms with Crippen LogP contribution in [0.2, 0.25) is 0 Å². The lowest BCUT2D eigenvalue weighted by molar-refractivity contribution is 0.585. The number of benzene rings is 1. The van der Waals surface area contributed by atoms with Crippen molar-refractivity contribution in [1.29, 1.82) is 0 Å². The van der Waals surface area contributed by atoms with E-state index in [0.717, 1.165) is 0 Å². The molecule has 4 rings (SSSR count). The Hall–Kier alpha value is -2.74. The molecule has 0 unspecified atom stereocenters. The first-order valence-electron chi connectivity index (χ1n) is 6.57. The monoisotopic (exact) mass is 313 g/mol. The van der Waals surface area contributed by atoms with Gasteiger partial charge in [-0.3, -0.25) is 4.40 Å². The zero-order chi connectivity index (χ0) is 15.3. The van der Waals surface area contributed by atoms with Gasteiger partial charge in [0.05, 0.1) is 16.6 Å². The lowest BCUT2D eigenvalue weighted by Gasteiger charge is -2.06. The van der Waals surface area contributed by atoms with Crippen molar-refractivity contribution < 1.29 is 8.42 Å². The van der Waals surface area contributed by atoms with Crippen LogP contribution in [0.25, 0.3) is 16.8 Å². The van der Waals surface area contributed by atoms with Gasteiger partial charge in [0, 0.05) is 6.20 Å². The molecule has 0 atom stereocenters. The maximum atomic E-state index is 12.9. The van der Waals surface area contributed by atoms with E-state index in [2.05, 4.69) is 20.2 Å². The average molecular weight is 313 g/mol. The highest BCUT2D eigenvalue weighted by atomic mass is 32.2. The number of aromatic amines is 1. The maximum absolute atomic E-state index is 12.9. The molecule has 3 aromatic heterocycles. The Labute approximate surface area is 125 Å². The number of sulfone groups is 1. The van der Waals surface area contributed by atoms with Crippen molar-refractivity contribution in [1.82, 2.24) is 24.6 Å². The van der Waals surface area contributed by atoms with E-state index in [1.54, 1.807) is 43.5 Å². The summed E-state index contributed by atoms with van der Waals surface area (Å²) in [5.74, 6) is 0. The Morgan fingerprint density at radius 1 is 1.14 bits per heavy atom. The molecule has 4 aromatic rings. The van der Waals surface area contributed by atoms with Gasteiger partial charge in [0.2, 0.25) is 9.84 Å². The second kappa shape index (κ2) is 4.38. The molecule has 0 saturated heterocycles. The summed E-state index contributed by atoms with van der Waals surface area (Å²) in [6.45, 7) is 1.75. The zero-order valence-electron chi connectivity index (χ0n) is 11.6. The summed E-state index contributed by atoms with van der Waals surface area (Å²) in [5.41, 5.74) is 2.25. The van der Waals surface area contributed by atoms with Crippen LogP contribution in [-0.2, 0) is 9.84 Å². The van der Waals surface area contributed by atoms with Crippen molar-refractivity contribution >= 4 is 26.6 Å². The van der Waals surface area contributed by atoms with Gasteiger partial charge < -0.3 is 4.98 Å². The van der Waals surface area contributed by atoms with Crippen molar-refractivity contribution in [3.8, 4) is 0 Å². The van der Waals surface area contributed by atoms with E-state index in [0.29, 0.717) is 22.4 Å². The molecule has 0 aliphatic heterocycles. The minimum atomic E-state index is -3.77. The zero-order valence-corrected chi connectivity index (χ0v) is 12.4. The van der Waals surface area contributed by atoms with Gasteiger partial charge in [-0.25, -0.2) is 13.4 Å². The number of H-pyrrole nitrogens is 1. The number of nitrogens with one attached hydrogen (secondary N) is 1. The van der Waals surface area contributed by atoms with Crippen molar-refractivity contribution in [2.75, 3.05) is 0 Å². The minimum absolute atomic E-state index is 0.108. The fraction of sp³-hybridized carbons (Fsp3) is 0.0714. The number of rotatable bonds is 2. The molecule has 0 saturated carbocycles. The largest absolute Gasteiger partial charge is 0.345 e. The second-order valence-corrected chi connectivity index (χ2v) is 6.73. The average Bonchev–Trinajstić information content (AvgIpc) is 3.13. The highest BCUT2D eigenvalue weighted by Gasteiger charge is 2.26. The topological polar surface area (TPSA) is 93.0 Å². The number of fused-ring (bicyclic) bond motifs is 3. The van der Waals surface area contributed by atoms with Crippen LogP contribution in [0, 0.1) is 6.92 Å². The summed E-state index contributed by atoms with van der Waals surface area (Å²) in [4.78, 5) is 7.36. The van der Waals surface area contributed by atoms with Gasteiger partial charge in [0.15, 0.2) is 11.3 Å². The van der Waals surface area contributed by atoms with Gasteiger partial charge in [-0.1, -0.05) is 18.2 Å². The molecule has 7 nitrogen and oxygen atoms in total. The van der Waals surface area contributed by atoms with E-state index >= 15 is 0 Å². The quantitative estimate of drug-likeness (QED) is 0.608. The summed E-state index contributed by atoms with van der Waals surface area (Å²) < 4.78 is 27.4. The Kier molecular flexibility index (Phi) is 2.58. The molecular weight excluding hydrogens is 302 g/mol. The number of aryl methyl sites for hydroxylation is 1. The summed E-state index contributed by atoms with van der Waals surface area (Å²) >= 11 is 0. The van der Waals surface area contributed by atoms with Crippen molar-refractivity contribution in [3.05, 3.63) is 48.3 Å². The molecule has 0 spiro atoms. The van der Waals surface area contributed by atoms with E-state index in [1.807, 2.05) is 0 Å². The van der Waals surface area contributed by atoms with Gasteiger partial charge in [0.25, 0.3) is 5.16 Å². The first-order valence-corrected chi connectivity index (χ1v) is 8.05. The Morgan fingerprint density at radius 2 is 1.95 bits per heavy atom. The molecular formula is C14H11N5O2S.